The molecule has 3 rings (SSSR count). The minimum Gasteiger partial charge on any atom is -0.493 e. The van der Waals surface area contributed by atoms with Crippen LogP contribution in [0.1, 0.15) is 24.7 Å². The zero-order valence-electron chi connectivity index (χ0n) is 14.4. The molecule has 0 radical (unpaired) electrons. The van der Waals surface area contributed by atoms with Gasteiger partial charge in [0.25, 0.3) is 0 Å². The molecule has 2 aromatic carbocycles. The molecule has 0 spiro atoms. The Morgan fingerprint density at radius 2 is 2.00 bits per heavy atom. The van der Waals surface area contributed by atoms with Crippen molar-refractivity contribution in [1.29, 1.82) is 0 Å². The minimum absolute atomic E-state index is 0.664. The lowest BCUT2D eigenvalue weighted by molar-refractivity contribution is 0.294. The number of halogens is 1. The summed E-state index contributed by atoms with van der Waals surface area (Å²) in [5, 5.41) is 3.41. The number of ether oxygens (including phenoxy) is 2. The predicted octanol–water partition coefficient (Wildman–Crippen LogP) is 4.41. The Bertz CT molecular complexity index is 815. The van der Waals surface area contributed by atoms with E-state index < -0.39 is 0 Å². The highest BCUT2D eigenvalue weighted by molar-refractivity contribution is 9.10. The Hall–Kier alpha value is -2.05. The van der Waals surface area contributed by atoms with Crippen LogP contribution in [0.4, 0.5) is 0 Å². The summed E-state index contributed by atoms with van der Waals surface area (Å²) in [6.45, 7) is 4.11. The first-order valence-electron chi connectivity index (χ1n) is 8.34. The van der Waals surface area contributed by atoms with E-state index in [0.29, 0.717) is 19.7 Å². The van der Waals surface area contributed by atoms with Gasteiger partial charge in [0.2, 0.25) is 0 Å². The Morgan fingerprint density at radius 1 is 1.16 bits per heavy atom. The molecule has 25 heavy (non-hydrogen) atoms. The summed E-state index contributed by atoms with van der Waals surface area (Å²) in [5.74, 6) is 2.43. The highest BCUT2D eigenvalue weighted by Crippen LogP contribution is 2.33. The largest absolute Gasteiger partial charge is 0.493 e. The zero-order valence-corrected chi connectivity index (χ0v) is 16.0. The Balaban J connectivity index is 1.65. The van der Waals surface area contributed by atoms with Crippen LogP contribution in [0.25, 0.3) is 11.0 Å². The van der Waals surface area contributed by atoms with Crippen LogP contribution in [0, 0.1) is 0 Å². The van der Waals surface area contributed by atoms with E-state index in [4.69, 9.17) is 9.47 Å². The molecule has 0 saturated carbocycles. The molecular formula is C19H22BrN3O2. The SMILES string of the molecule is CCCOc1cc(Br)c(CNCc2nc3ccccc3[nH]2)cc1OC. The van der Waals surface area contributed by atoms with Gasteiger partial charge < -0.3 is 19.8 Å². The first-order chi connectivity index (χ1) is 12.2. The number of nitrogens with zero attached hydrogens (tertiary/aromatic N) is 1. The summed E-state index contributed by atoms with van der Waals surface area (Å²) in [5.41, 5.74) is 3.15. The maximum Gasteiger partial charge on any atom is 0.162 e. The van der Waals surface area contributed by atoms with Crippen LogP contribution < -0.4 is 14.8 Å². The number of H-pyrrole nitrogens is 1. The standard InChI is InChI=1S/C19H22BrN3O2/c1-3-8-25-18-10-14(20)13(9-17(18)24-2)11-21-12-19-22-15-6-4-5-7-16(15)23-19/h4-7,9-10,21H,3,8,11-12H2,1-2H3,(H,22,23). The van der Waals surface area contributed by atoms with Crippen molar-refractivity contribution >= 4 is 27.0 Å². The molecule has 0 saturated heterocycles. The molecule has 0 unspecified atom stereocenters. The van der Waals surface area contributed by atoms with Crippen molar-refractivity contribution in [3.8, 4) is 11.5 Å². The predicted molar refractivity (Wildman–Crippen MR) is 103 cm³/mol. The molecular weight excluding hydrogens is 382 g/mol. The number of fused-ring (bicyclic) bond motifs is 1. The van der Waals surface area contributed by atoms with Crippen LogP contribution in [-0.4, -0.2) is 23.7 Å². The van der Waals surface area contributed by atoms with Crippen molar-refractivity contribution in [2.45, 2.75) is 26.4 Å². The Morgan fingerprint density at radius 3 is 2.76 bits per heavy atom. The molecule has 0 aliphatic carbocycles. The van der Waals surface area contributed by atoms with Gasteiger partial charge in [0.1, 0.15) is 5.82 Å². The number of methoxy groups -OCH3 is 1. The first kappa shape index (κ1) is 17.8. The number of imidazole rings is 1. The monoisotopic (exact) mass is 403 g/mol. The second-order valence-electron chi connectivity index (χ2n) is 5.75. The van der Waals surface area contributed by atoms with Crippen LogP contribution in [0.3, 0.4) is 0 Å². The summed E-state index contributed by atoms with van der Waals surface area (Å²) >= 11 is 3.62. The summed E-state index contributed by atoms with van der Waals surface area (Å²) in [6, 6.07) is 12.0. The van der Waals surface area contributed by atoms with Crippen LogP contribution in [0.2, 0.25) is 0 Å². The third-order valence-electron chi connectivity index (χ3n) is 3.84. The maximum absolute atomic E-state index is 5.73. The fourth-order valence-corrected chi connectivity index (χ4v) is 3.06. The van der Waals surface area contributed by atoms with Gasteiger partial charge in [0.05, 0.1) is 31.3 Å². The quantitative estimate of drug-likeness (QED) is 0.584. The lowest BCUT2D eigenvalue weighted by Crippen LogP contribution is -2.14. The van der Waals surface area contributed by atoms with Crippen LogP contribution >= 0.6 is 15.9 Å². The van der Waals surface area contributed by atoms with Gasteiger partial charge in [-0.3, -0.25) is 0 Å². The minimum atomic E-state index is 0.664. The molecule has 3 aromatic rings. The van der Waals surface area contributed by atoms with Gasteiger partial charge >= 0.3 is 0 Å². The van der Waals surface area contributed by atoms with Crippen molar-refractivity contribution in [1.82, 2.24) is 15.3 Å². The Kier molecular flexibility index (Phi) is 5.94. The van der Waals surface area contributed by atoms with Crippen molar-refractivity contribution in [3.63, 3.8) is 0 Å². The number of para-hydroxylation sites is 2. The summed E-state index contributed by atoms with van der Waals surface area (Å²) < 4.78 is 12.2. The highest BCUT2D eigenvalue weighted by Gasteiger charge is 2.10. The third-order valence-corrected chi connectivity index (χ3v) is 4.58. The van der Waals surface area contributed by atoms with Crippen molar-refractivity contribution < 1.29 is 9.47 Å². The molecule has 0 aliphatic heterocycles. The lowest BCUT2D eigenvalue weighted by atomic mass is 10.2. The number of nitrogens with one attached hydrogen (secondary N) is 2. The fourth-order valence-electron chi connectivity index (χ4n) is 2.60. The van der Waals surface area contributed by atoms with E-state index in [1.807, 2.05) is 36.4 Å². The molecule has 132 valence electrons. The molecule has 1 aromatic heterocycles. The Labute approximate surface area is 155 Å². The summed E-state index contributed by atoms with van der Waals surface area (Å²) in [6.07, 6.45) is 0.960. The van der Waals surface area contributed by atoms with Crippen molar-refractivity contribution in [3.05, 3.63) is 52.3 Å². The maximum atomic E-state index is 5.73. The summed E-state index contributed by atoms with van der Waals surface area (Å²) in [7, 11) is 1.66. The van der Waals surface area contributed by atoms with Crippen LogP contribution in [0.5, 0.6) is 11.5 Å². The highest BCUT2D eigenvalue weighted by atomic mass is 79.9. The van der Waals surface area contributed by atoms with Gasteiger partial charge in [-0.05, 0) is 36.2 Å². The van der Waals surface area contributed by atoms with E-state index in [1.165, 1.54) is 0 Å². The molecule has 0 fully saturated rings. The second kappa shape index (κ2) is 8.36. The van der Waals surface area contributed by atoms with Crippen molar-refractivity contribution in [2.75, 3.05) is 13.7 Å². The third kappa shape index (κ3) is 4.32. The van der Waals surface area contributed by atoms with Crippen molar-refractivity contribution in [2.24, 2.45) is 0 Å². The number of hydrogen-bond donors (Lipinski definition) is 2. The average molecular weight is 404 g/mol. The van der Waals surface area contributed by atoms with Gasteiger partial charge in [-0.1, -0.05) is 35.0 Å². The number of aromatic nitrogens is 2. The first-order valence-corrected chi connectivity index (χ1v) is 9.14. The van der Waals surface area contributed by atoms with E-state index in [0.717, 1.165) is 44.8 Å². The topological polar surface area (TPSA) is 59.2 Å². The van der Waals surface area contributed by atoms with Gasteiger partial charge in [-0.2, -0.15) is 0 Å². The normalized spacial score (nSPS) is 11.0. The summed E-state index contributed by atoms with van der Waals surface area (Å²) in [4.78, 5) is 7.89. The second-order valence-corrected chi connectivity index (χ2v) is 6.60. The van der Waals surface area contributed by atoms with Crippen LogP contribution in [0.15, 0.2) is 40.9 Å². The zero-order chi connectivity index (χ0) is 17.6. The van der Waals surface area contributed by atoms with Gasteiger partial charge in [-0.15, -0.1) is 0 Å². The molecule has 2 N–H and O–H groups in total. The lowest BCUT2D eigenvalue weighted by Gasteiger charge is -2.14. The van der Waals surface area contributed by atoms with Gasteiger partial charge in [0, 0.05) is 11.0 Å². The molecule has 0 atom stereocenters. The number of rotatable bonds is 8. The van der Waals surface area contributed by atoms with E-state index in [1.54, 1.807) is 7.11 Å². The average Bonchev–Trinajstić information content (AvgIpc) is 3.04. The number of aromatic amines is 1. The molecule has 0 amide bonds. The molecule has 0 aliphatic rings. The van der Waals surface area contributed by atoms with E-state index in [-0.39, 0.29) is 0 Å². The van der Waals surface area contributed by atoms with Gasteiger partial charge in [0.15, 0.2) is 11.5 Å². The molecule has 5 nitrogen and oxygen atoms in total. The van der Waals surface area contributed by atoms with Gasteiger partial charge in [-0.25, -0.2) is 4.98 Å². The molecule has 1 heterocycles. The number of hydrogen-bond acceptors (Lipinski definition) is 4. The smallest absolute Gasteiger partial charge is 0.162 e. The van der Waals surface area contributed by atoms with E-state index in [9.17, 15) is 0 Å². The number of benzene rings is 2. The fraction of sp³-hybridized carbons (Fsp3) is 0.316. The molecule has 0 bridgehead atoms. The van der Waals surface area contributed by atoms with Crippen LogP contribution in [-0.2, 0) is 13.1 Å². The van der Waals surface area contributed by atoms with E-state index >= 15 is 0 Å². The van der Waals surface area contributed by atoms with E-state index in [2.05, 4.69) is 38.1 Å². The molecule has 6 heteroatoms.